The highest BCUT2D eigenvalue weighted by Crippen LogP contribution is 2.22. The van der Waals surface area contributed by atoms with Crippen molar-refractivity contribution < 1.29 is 4.79 Å². The minimum Gasteiger partial charge on any atom is -0.309 e. The lowest BCUT2D eigenvalue weighted by atomic mass is 9.95. The molecule has 0 aliphatic rings. The van der Waals surface area contributed by atoms with E-state index < -0.39 is 0 Å². The first-order valence-corrected chi connectivity index (χ1v) is 8.51. The second-order valence-electron chi connectivity index (χ2n) is 5.86. The Balaban J connectivity index is 2.73. The lowest BCUT2D eigenvalue weighted by Crippen LogP contribution is -2.27. The number of rotatable bonds is 9. The molecular weight excluding hydrogens is 317 g/mol. The number of unbranched alkanes of at least 4 members (excludes halogenated alkanes) is 2. The van der Waals surface area contributed by atoms with Gasteiger partial charge in [0.1, 0.15) is 0 Å². The molecule has 0 aromatic heterocycles. The zero-order valence-electron chi connectivity index (χ0n) is 13.6. The predicted molar refractivity (Wildman–Crippen MR) is 96.7 cm³/mol. The number of ketones is 1. The van der Waals surface area contributed by atoms with E-state index in [1.54, 1.807) is 24.3 Å². The largest absolute Gasteiger partial charge is 0.309 e. The smallest absolute Gasteiger partial charge is 0.160 e. The summed E-state index contributed by atoms with van der Waals surface area (Å²) in [5, 5.41) is 1.16. The van der Waals surface area contributed by atoms with Gasteiger partial charge in [-0.05, 0) is 50.4 Å². The van der Waals surface area contributed by atoms with Crippen LogP contribution in [0.2, 0.25) is 10.0 Å². The van der Waals surface area contributed by atoms with Crippen LogP contribution < -0.4 is 0 Å². The van der Waals surface area contributed by atoms with Gasteiger partial charge in [0.15, 0.2) is 5.78 Å². The monoisotopic (exact) mass is 341 g/mol. The Bertz CT molecular complexity index is 512. The van der Waals surface area contributed by atoms with Crippen molar-refractivity contribution in [1.82, 2.24) is 4.90 Å². The average molecular weight is 342 g/mol. The van der Waals surface area contributed by atoms with E-state index >= 15 is 0 Å². The van der Waals surface area contributed by atoms with Crippen LogP contribution in [0.1, 0.15) is 38.2 Å². The van der Waals surface area contributed by atoms with Gasteiger partial charge in [-0.1, -0.05) is 55.5 Å². The second-order valence-corrected chi connectivity index (χ2v) is 6.70. The van der Waals surface area contributed by atoms with Gasteiger partial charge in [-0.3, -0.25) is 4.79 Å². The van der Waals surface area contributed by atoms with E-state index in [9.17, 15) is 4.79 Å². The maximum atomic E-state index is 12.4. The molecule has 0 fully saturated rings. The van der Waals surface area contributed by atoms with Crippen LogP contribution in [0.25, 0.3) is 6.08 Å². The van der Waals surface area contributed by atoms with Crippen molar-refractivity contribution in [2.75, 3.05) is 20.6 Å². The lowest BCUT2D eigenvalue weighted by Gasteiger charge is -2.18. The van der Waals surface area contributed by atoms with Gasteiger partial charge in [0, 0.05) is 22.5 Å². The zero-order valence-corrected chi connectivity index (χ0v) is 15.1. The highest BCUT2D eigenvalue weighted by molar-refractivity contribution is 6.35. The molecule has 0 heterocycles. The Hall–Kier alpha value is -0.830. The second kappa shape index (κ2) is 10.0. The van der Waals surface area contributed by atoms with Gasteiger partial charge in [-0.15, -0.1) is 0 Å². The first-order valence-electron chi connectivity index (χ1n) is 7.75. The summed E-state index contributed by atoms with van der Waals surface area (Å²) in [4.78, 5) is 14.5. The standard InChI is InChI=1S/C18H25Cl2NO/c1-4-5-6-7-15(13-21(2)3)18(22)11-9-14-8-10-16(19)12-17(14)20/h8-12,15H,4-7,13H2,1-3H3/b11-9+/t15-/m0/s1. The number of hydrogen-bond donors (Lipinski definition) is 0. The first kappa shape index (κ1) is 19.2. The van der Waals surface area contributed by atoms with E-state index in [0.717, 1.165) is 24.9 Å². The van der Waals surface area contributed by atoms with Gasteiger partial charge < -0.3 is 4.90 Å². The van der Waals surface area contributed by atoms with E-state index in [-0.39, 0.29) is 11.7 Å². The van der Waals surface area contributed by atoms with Crippen molar-refractivity contribution in [2.24, 2.45) is 5.92 Å². The van der Waals surface area contributed by atoms with Crippen molar-refractivity contribution in [3.8, 4) is 0 Å². The third kappa shape index (κ3) is 6.95. The summed E-state index contributed by atoms with van der Waals surface area (Å²) < 4.78 is 0. The van der Waals surface area contributed by atoms with Crippen LogP contribution in [-0.2, 0) is 4.79 Å². The third-order valence-electron chi connectivity index (χ3n) is 3.53. The molecule has 1 rings (SSSR count). The number of carbonyl (C=O) groups is 1. The molecule has 1 atom stereocenters. The maximum absolute atomic E-state index is 12.4. The molecule has 1 aromatic carbocycles. The number of benzene rings is 1. The first-order chi connectivity index (χ1) is 10.4. The highest BCUT2D eigenvalue weighted by Gasteiger charge is 2.16. The summed E-state index contributed by atoms with van der Waals surface area (Å²) in [6.45, 7) is 2.95. The van der Waals surface area contributed by atoms with E-state index in [1.165, 1.54) is 12.8 Å². The number of carbonyl (C=O) groups excluding carboxylic acids is 1. The van der Waals surface area contributed by atoms with Crippen LogP contribution >= 0.6 is 23.2 Å². The molecule has 4 heteroatoms. The highest BCUT2D eigenvalue weighted by atomic mass is 35.5. The van der Waals surface area contributed by atoms with Crippen molar-refractivity contribution >= 4 is 35.1 Å². The molecule has 0 bridgehead atoms. The number of allylic oxidation sites excluding steroid dienone is 1. The normalized spacial score (nSPS) is 13.0. The molecule has 0 spiro atoms. The van der Waals surface area contributed by atoms with Crippen LogP contribution in [-0.4, -0.2) is 31.3 Å². The minimum atomic E-state index is 0.0453. The summed E-state index contributed by atoms with van der Waals surface area (Å²) in [7, 11) is 4.00. The quantitative estimate of drug-likeness (QED) is 0.446. The van der Waals surface area contributed by atoms with Crippen molar-refractivity contribution in [3.63, 3.8) is 0 Å². The molecule has 0 amide bonds. The molecule has 1 aromatic rings. The van der Waals surface area contributed by atoms with Crippen LogP contribution in [0.15, 0.2) is 24.3 Å². The molecular formula is C18H25Cl2NO. The van der Waals surface area contributed by atoms with Crippen molar-refractivity contribution in [1.29, 1.82) is 0 Å². The van der Waals surface area contributed by atoms with E-state index in [4.69, 9.17) is 23.2 Å². The van der Waals surface area contributed by atoms with Crippen LogP contribution in [0.4, 0.5) is 0 Å². The Morgan fingerprint density at radius 3 is 2.59 bits per heavy atom. The van der Waals surface area contributed by atoms with Gasteiger partial charge in [-0.2, -0.15) is 0 Å². The van der Waals surface area contributed by atoms with Gasteiger partial charge in [0.2, 0.25) is 0 Å². The van der Waals surface area contributed by atoms with E-state index in [1.807, 2.05) is 20.2 Å². The zero-order chi connectivity index (χ0) is 16.5. The fourth-order valence-corrected chi connectivity index (χ4v) is 2.82. The Morgan fingerprint density at radius 1 is 1.27 bits per heavy atom. The van der Waals surface area contributed by atoms with E-state index in [2.05, 4.69) is 11.8 Å². The summed E-state index contributed by atoms with van der Waals surface area (Å²) in [6, 6.07) is 5.29. The molecule has 0 saturated carbocycles. The summed E-state index contributed by atoms with van der Waals surface area (Å²) >= 11 is 12.0. The predicted octanol–water partition coefficient (Wildman–Crippen LogP) is 5.33. The maximum Gasteiger partial charge on any atom is 0.160 e. The number of nitrogens with zero attached hydrogens (tertiary/aromatic N) is 1. The average Bonchev–Trinajstić information content (AvgIpc) is 2.45. The van der Waals surface area contributed by atoms with Gasteiger partial charge >= 0.3 is 0 Å². The molecule has 0 aliphatic carbocycles. The summed E-state index contributed by atoms with van der Waals surface area (Å²) in [5.74, 6) is 0.208. The van der Waals surface area contributed by atoms with Crippen molar-refractivity contribution in [2.45, 2.75) is 32.6 Å². The Morgan fingerprint density at radius 2 is 2.00 bits per heavy atom. The summed E-state index contributed by atoms with van der Waals surface area (Å²) in [5.41, 5.74) is 0.816. The Labute approximate surface area is 144 Å². The topological polar surface area (TPSA) is 20.3 Å². The van der Waals surface area contributed by atoms with Gasteiger partial charge in [0.25, 0.3) is 0 Å². The fraction of sp³-hybridized carbons (Fsp3) is 0.500. The molecule has 0 saturated heterocycles. The SMILES string of the molecule is CCCCC[C@@H](CN(C)C)C(=O)/C=C/c1ccc(Cl)cc1Cl. The Kier molecular flexibility index (Phi) is 8.77. The molecule has 2 nitrogen and oxygen atoms in total. The van der Waals surface area contributed by atoms with Gasteiger partial charge in [-0.25, -0.2) is 0 Å². The van der Waals surface area contributed by atoms with Crippen LogP contribution in [0, 0.1) is 5.92 Å². The minimum absolute atomic E-state index is 0.0453. The van der Waals surface area contributed by atoms with Crippen LogP contribution in [0.5, 0.6) is 0 Å². The molecule has 0 radical (unpaired) electrons. The lowest BCUT2D eigenvalue weighted by molar-refractivity contribution is -0.118. The fourth-order valence-electron chi connectivity index (χ4n) is 2.35. The molecule has 22 heavy (non-hydrogen) atoms. The van der Waals surface area contributed by atoms with Gasteiger partial charge in [0.05, 0.1) is 0 Å². The van der Waals surface area contributed by atoms with Crippen LogP contribution in [0.3, 0.4) is 0 Å². The summed E-state index contributed by atoms with van der Waals surface area (Å²) in [6.07, 6.45) is 7.79. The molecule has 0 unspecified atom stereocenters. The van der Waals surface area contributed by atoms with E-state index in [0.29, 0.717) is 10.0 Å². The third-order valence-corrected chi connectivity index (χ3v) is 4.10. The molecule has 0 N–H and O–H groups in total. The number of hydrogen-bond acceptors (Lipinski definition) is 2. The molecule has 0 aliphatic heterocycles. The van der Waals surface area contributed by atoms with Crippen molar-refractivity contribution in [3.05, 3.63) is 39.9 Å². The number of halogens is 2. The molecule has 122 valence electrons.